The zero-order valence-electron chi connectivity index (χ0n) is 10.5. The van der Waals surface area contributed by atoms with Crippen molar-refractivity contribution in [2.75, 3.05) is 13.1 Å². The number of nitrogens with two attached hydrogens (primary N) is 1. The highest BCUT2D eigenvalue weighted by Crippen LogP contribution is 2.21. The fourth-order valence-corrected chi connectivity index (χ4v) is 1.95. The Kier molecular flexibility index (Phi) is 4.77. The van der Waals surface area contributed by atoms with E-state index in [1.54, 1.807) is 0 Å². The topological polar surface area (TPSA) is 47.1 Å². The van der Waals surface area contributed by atoms with E-state index >= 15 is 0 Å². The van der Waals surface area contributed by atoms with E-state index in [0.717, 1.165) is 29.5 Å². The number of aromatic nitrogens is 2. The van der Waals surface area contributed by atoms with Crippen LogP contribution >= 0.6 is 11.6 Å². The summed E-state index contributed by atoms with van der Waals surface area (Å²) in [6.07, 6.45) is 0. The molecule has 0 atom stereocenters. The van der Waals surface area contributed by atoms with E-state index in [1.807, 2.05) is 18.7 Å². The molecule has 0 aliphatic heterocycles. The molecule has 0 aromatic carbocycles. The van der Waals surface area contributed by atoms with Gasteiger partial charge in [-0.05, 0) is 20.8 Å². The summed E-state index contributed by atoms with van der Waals surface area (Å²) in [6, 6.07) is 0.454. The summed E-state index contributed by atoms with van der Waals surface area (Å²) in [7, 11) is 1.93. The summed E-state index contributed by atoms with van der Waals surface area (Å²) in [5, 5.41) is 5.08. The lowest BCUT2D eigenvalue weighted by Gasteiger charge is -2.25. The van der Waals surface area contributed by atoms with Gasteiger partial charge in [-0.15, -0.1) is 0 Å². The van der Waals surface area contributed by atoms with Crippen LogP contribution in [-0.2, 0) is 13.6 Å². The highest BCUT2D eigenvalue weighted by Gasteiger charge is 2.16. The SMILES string of the molecule is Cc1nn(C)c(CN(CCN)C(C)C)c1Cl. The first-order valence-electron chi connectivity index (χ1n) is 5.59. The molecule has 0 fully saturated rings. The Morgan fingerprint density at radius 3 is 2.50 bits per heavy atom. The zero-order chi connectivity index (χ0) is 12.3. The number of hydrogen-bond donors (Lipinski definition) is 1. The second-order valence-corrected chi connectivity index (χ2v) is 4.70. The van der Waals surface area contributed by atoms with E-state index in [0.29, 0.717) is 12.6 Å². The van der Waals surface area contributed by atoms with Gasteiger partial charge < -0.3 is 5.73 Å². The van der Waals surface area contributed by atoms with Gasteiger partial charge in [0.15, 0.2) is 0 Å². The molecule has 4 nitrogen and oxygen atoms in total. The molecule has 0 aliphatic carbocycles. The molecule has 0 spiro atoms. The van der Waals surface area contributed by atoms with Gasteiger partial charge in [0.05, 0.1) is 16.4 Å². The molecule has 1 aromatic rings. The number of halogens is 1. The molecule has 1 aromatic heterocycles. The fraction of sp³-hybridized carbons (Fsp3) is 0.727. The summed E-state index contributed by atoms with van der Waals surface area (Å²) in [6.45, 7) is 8.57. The van der Waals surface area contributed by atoms with Crippen LogP contribution in [0.4, 0.5) is 0 Å². The first-order chi connectivity index (χ1) is 7.47. The Hall–Kier alpha value is -0.580. The first kappa shape index (κ1) is 13.5. The van der Waals surface area contributed by atoms with E-state index in [4.69, 9.17) is 17.3 Å². The van der Waals surface area contributed by atoms with Crippen molar-refractivity contribution in [2.45, 2.75) is 33.4 Å². The molecular weight excluding hydrogens is 224 g/mol. The van der Waals surface area contributed by atoms with Crippen LogP contribution in [0.1, 0.15) is 25.2 Å². The van der Waals surface area contributed by atoms with Crippen molar-refractivity contribution >= 4 is 11.6 Å². The summed E-state index contributed by atoms with van der Waals surface area (Å²) >= 11 is 6.22. The van der Waals surface area contributed by atoms with Crippen molar-refractivity contribution in [1.82, 2.24) is 14.7 Å². The van der Waals surface area contributed by atoms with E-state index in [9.17, 15) is 0 Å². The average Bonchev–Trinajstić information content (AvgIpc) is 2.43. The minimum atomic E-state index is 0.454. The lowest BCUT2D eigenvalue weighted by Crippen LogP contribution is -2.35. The third kappa shape index (κ3) is 2.97. The molecule has 0 unspecified atom stereocenters. The molecule has 2 N–H and O–H groups in total. The van der Waals surface area contributed by atoms with E-state index in [-0.39, 0.29) is 0 Å². The quantitative estimate of drug-likeness (QED) is 0.855. The van der Waals surface area contributed by atoms with Gasteiger partial charge in [-0.3, -0.25) is 9.58 Å². The first-order valence-corrected chi connectivity index (χ1v) is 5.97. The van der Waals surface area contributed by atoms with Gasteiger partial charge in [-0.1, -0.05) is 11.6 Å². The fourth-order valence-electron chi connectivity index (χ4n) is 1.73. The highest BCUT2D eigenvalue weighted by atomic mass is 35.5. The predicted molar refractivity (Wildman–Crippen MR) is 67.6 cm³/mol. The number of rotatable bonds is 5. The van der Waals surface area contributed by atoms with Gasteiger partial charge in [-0.2, -0.15) is 5.10 Å². The van der Waals surface area contributed by atoms with Crippen molar-refractivity contribution in [3.63, 3.8) is 0 Å². The standard InChI is InChI=1S/C11H21ClN4/c1-8(2)16(6-5-13)7-10-11(12)9(3)14-15(10)4/h8H,5-7,13H2,1-4H3. The van der Waals surface area contributed by atoms with Crippen LogP contribution in [0.5, 0.6) is 0 Å². The number of aryl methyl sites for hydroxylation is 2. The Morgan fingerprint density at radius 2 is 2.12 bits per heavy atom. The Balaban J connectivity index is 2.84. The van der Waals surface area contributed by atoms with Crippen LogP contribution in [0, 0.1) is 6.92 Å². The van der Waals surface area contributed by atoms with Crippen LogP contribution < -0.4 is 5.73 Å². The van der Waals surface area contributed by atoms with Gasteiger partial charge in [-0.25, -0.2) is 0 Å². The predicted octanol–water partition coefficient (Wildman–Crippen LogP) is 1.55. The molecule has 0 amide bonds. The molecule has 1 rings (SSSR count). The average molecular weight is 245 g/mol. The minimum Gasteiger partial charge on any atom is -0.329 e. The molecule has 0 bridgehead atoms. The summed E-state index contributed by atoms with van der Waals surface area (Å²) < 4.78 is 1.85. The third-order valence-corrected chi connectivity index (χ3v) is 3.25. The zero-order valence-corrected chi connectivity index (χ0v) is 11.3. The minimum absolute atomic E-state index is 0.454. The molecule has 16 heavy (non-hydrogen) atoms. The van der Waals surface area contributed by atoms with Crippen LogP contribution in [0.15, 0.2) is 0 Å². The summed E-state index contributed by atoms with van der Waals surface area (Å²) in [5.41, 5.74) is 7.55. The second kappa shape index (κ2) is 5.66. The maximum absolute atomic E-state index is 6.22. The van der Waals surface area contributed by atoms with Gasteiger partial charge in [0.1, 0.15) is 0 Å². The Bertz CT molecular complexity index is 346. The molecule has 5 heteroatoms. The smallest absolute Gasteiger partial charge is 0.0860 e. The van der Waals surface area contributed by atoms with Gasteiger partial charge >= 0.3 is 0 Å². The number of nitrogens with zero attached hydrogens (tertiary/aromatic N) is 3. The molecule has 0 radical (unpaired) electrons. The van der Waals surface area contributed by atoms with Crippen molar-refractivity contribution in [3.05, 3.63) is 16.4 Å². The molecular formula is C11H21ClN4. The van der Waals surface area contributed by atoms with E-state index in [2.05, 4.69) is 23.8 Å². The summed E-state index contributed by atoms with van der Waals surface area (Å²) in [5.74, 6) is 0. The maximum atomic E-state index is 6.22. The van der Waals surface area contributed by atoms with Crippen molar-refractivity contribution in [2.24, 2.45) is 12.8 Å². The van der Waals surface area contributed by atoms with Crippen molar-refractivity contribution < 1.29 is 0 Å². The molecule has 0 aliphatic rings. The maximum Gasteiger partial charge on any atom is 0.0860 e. The second-order valence-electron chi connectivity index (χ2n) is 4.32. The Labute approximate surface area is 102 Å². The highest BCUT2D eigenvalue weighted by molar-refractivity contribution is 6.31. The normalized spacial score (nSPS) is 11.8. The largest absolute Gasteiger partial charge is 0.329 e. The molecule has 1 heterocycles. The third-order valence-electron chi connectivity index (χ3n) is 2.76. The number of hydrogen-bond acceptors (Lipinski definition) is 3. The van der Waals surface area contributed by atoms with Gasteiger partial charge in [0.25, 0.3) is 0 Å². The molecule has 92 valence electrons. The van der Waals surface area contributed by atoms with Crippen LogP contribution in [0.3, 0.4) is 0 Å². The van der Waals surface area contributed by atoms with Crippen LogP contribution in [0.2, 0.25) is 5.02 Å². The van der Waals surface area contributed by atoms with Gasteiger partial charge in [0.2, 0.25) is 0 Å². The summed E-state index contributed by atoms with van der Waals surface area (Å²) in [4.78, 5) is 2.29. The monoisotopic (exact) mass is 244 g/mol. The molecule has 0 saturated heterocycles. The lowest BCUT2D eigenvalue weighted by molar-refractivity contribution is 0.214. The van der Waals surface area contributed by atoms with Crippen molar-refractivity contribution in [3.8, 4) is 0 Å². The van der Waals surface area contributed by atoms with Crippen LogP contribution in [-0.4, -0.2) is 33.8 Å². The van der Waals surface area contributed by atoms with Gasteiger partial charge in [0, 0.05) is 32.7 Å². The molecule has 0 saturated carbocycles. The van der Waals surface area contributed by atoms with Crippen LogP contribution in [0.25, 0.3) is 0 Å². The van der Waals surface area contributed by atoms with E-state index < -0.39 is 0 Å². The van der Waals surface area contributed by atoms with E-state index in [1.165, 1.54) is 0 Å². The Morgan fingerprint density at radius 1 is 1.50 bits per heavy atom. The lowest BCUT2D eigenvalue weighted by atomic mass is 10.2. The van der Waals surface area contributed by atoms with Crippen molar-refractivity contribution in [1.29, 1.82) is 0 Å².